The lowest BCUT2D eigenvalue weighted by molar-refractivity contribution is -0.168. The number of carbonyl (C=O) groups excluding carboxylic acids is 1. The van der Waals surface area contributed by atoms with Crippen LogP contribution in [0.3, 0.4) is 0 Å². The summed E-state index contributed by atoms with van der Waals surface area (Å²) in [4.78, 5) is 15.4. The average molecular weight is 654 g/mol. The minimum absolute atomic E-state index is 0.0238. The summed E-state index contributed by atoms with van der Waals surface area (Å²) < 4.78 is 18.8. The van der Waals surface area contributed by atoms with Crippen molar-refractivity contribution in [3.05, 3.63) is 120 Å². The summed E-state index contributed by atoms with van der Waals surface area (Å²) in [5.41, 5.74) is 2.54. The number of ether oxygens (including phenoxy) is 3. The van der Waals surface area contributed by atoms with Crippen molar-refractivity contribution in [1.82, 2.24) is 4.90 Å². The number of hydrogen-bond donors (Lipinski definition) is 0. The monoisotopic (exact) mass is 653 g/mol. The molecular formula is C41H51NO4S. The number of unbranched alkanes of at least 4 members (excludes halogenated alkanes) is 5. The number of carbonyl (C=O) groups is 1. The molecule has 0 N–H and O–H groups in total. The van der Waals surface area contributed by atoms with Gasteiger partial charge in [-0.05, 0) is 62.2 Å². The second-order valence-electron chi connectivity index (χ2n) is 13.2. The molecule has 5 nitrogen and oxygen atoms in total. The van der Waals surface area contributed by atoms with Crippen LogP contribution >= 0.6 is 12.2 Å². The van der Waals surface area contributed by atoms with Gasteiger partial charge < -0.3 is 14.2 Å². The highest BCUT2D eigenvalue weighted by molar-refractivity contribution is 7.80. The van der Waals surface area contributed by atoms with Crippen LogP contribution in [0.25, 0.3) is 0 Å². The molecule has 2 heterocycles. The van der Waals surface area contributed by atoms with E-state index >= 15 is 0 Å². The van der Waals surface area contributed by atoms with E-state index in [1.807, 2.05) is 42.5 Å². The first-order valence-electron chi connectivity index (χ1n) is 17.6. The maximum absolute atomic E-state index is 13.7. The smallest absolute Gasteiger partial charge is 0.267 e. The van der Waals surface area contributed by atoms with Crippen LogP contribution in [0.5, 0.6) is 0 Å². The van der Waals surface area contributed by atoms with E-state index in [1.54, 1.807) is 4.90 Å². The lowest BCUT2D eigenvalue weighted by Gasteiger charge is -2.38. The summed E-state index contributed by atoms with van der Waals surface area (Å²) in [5, 5.41) is 0.249. The van der Waals surface area contributed by atoms with Crippen LogP contribution in [0.2, 0.25) is 0 Å². The van der Waals surface area contributed by atoms with Crippen molar-refractivity contribution in [3.63, 3.8) is 0 Å². The fourth-order valence-electron chi connectivity index (χ4n) is 7.25. The van der Waals surface area contributed by atoms with E-state index in [2.05, 4.69) is 74.5 Å². The Kier molecular flexibility index (Phi) is 12.8. The van der Waals surface area contributed by atoms with Crippen molar-refractivity contribution in [2.75, 3.05) is 13.2 Å². The third-order valence-electron chi connectivity index (χ3n) is 9.51. The van der Waals surface area contributed by atoms with E-state index in [-0.39, 0.29) is 28.8 Å². The maximum atomic E-state index is 13.7. The van der Waals surface area contributed by atoms with Crippen molar-refractivity contribution in [3.8, 4) is 0 Å². The standard InChI is InChI=1S/C41H51NO4S/c1-33(2)38-41(35-24-13-9-14-25-35,36-26-15-10-16-27-36)46-39(47)42(38)37(43)28-17-6-4-3-5-7-19-29-40(44-31-32-45-40)30-20-18-23-34-21-11-8-12-22-34/h6,8-17,21-22,24-27,33,38H,3-5,7,18-20,23,28-32H2,1-2H3/b17-6+. The number of hydrogen-bond acceptors (Lipinski definition) is 5. The summed E-state index contributed by atoms with van der Waals surface area (Å²) in [6.07, 6.45) is 15.2. The zero-order chi connectivity index (χ0) is 33.0. The highest BCUT2D eigenvalue weighted by Crippen LogP contribution is 2.47. The molecule has 2 aliphatic heterocycles. The number of amides is 1. The van der Waals surface area contributed by atoms with Gasteiger partial charge in [-0.1, -0.05) is 130 Å². The number of rotatable bonds is 17. The van der Waals surface area contributed by atoms with Crippen molar-refractivity contribution in [2.45, 2.75) is 102 Å². The van der Waals surface area contributed by atoms with Gasteiger partial charge in [-0.3, -0.25) is 9.69 Å². The molecule has 0 aromatic heterocycles. The number of nitrogens with zero attached hydrogens (tertiary/aromatic N) is 1. The molecule has 3 aromatic carbocycles. The van der Waals surface area contributed by atoms with Crippen LogP contribution in [0.15, 0.2) is 103 Å². The summed E-state index contributed by atoms with van der Waals surface area (Å²) >= 11 is 5.76. The molecule has 250 valence electrons. The van der Waals surface area contributed by atoms with Gasteiger partial charge in [-0.2, -0.15) is 0 Å². The van der Waals surface area contributed by atoms with Crippen LogP contribution < -0.4 is 0 Å². The van der Waals surface area contributed by atoms with Gasteiger partial charge >= 0.3 is 0 Å². The Bertz CT molecular complexity index is 1380. The third-order valence-corrected chi connectivity index (χ3v) is 9.79. The summed E-state index contributed by atoms with van der Waals surface area (Å²) in [5.74, 6) is -0.301. The number of benzene rings is 3. The fourth-order valence-corrected chi connectivity index (χ4v) is 7.60. The van der Waals surface area contributed by atoms with E-state index in [9.17, 15) is 4.79 Å². The third kappa shape index (κ3) is 8.78. The molecule has 0 bridgehead atoms. The Morgan fingerprint density at radius 1 is 0.787 bits per heavy atom. The van der Waals surface area contributed by atoms with Crippen molar-refractivity contribution in [2.24, 2.45) is 5.92 Å². The summed E-state index contributed by atoms with van der Waals surface area (Å²) in [6.45, 7) is 5.68. The van der Waals surface area contributed by atoms with E-state index in [0.29, 0.717) is 19.6 Å². The SMILES string of the molecule is CC(C)C1N(C(=O)C/C=C/CCCCCCC2(CCCCc3ccccc3)OCCO2)C(=S)OC1(c1ccccc1)c1ccccc1. The van der Waals surface area contributed by atoms with Crippen LogP contribution in [-0.4, -0.2) is 41.0 Å². The normalized spacial score (nSPS) is 18.7. The predicted molar refractivity (Wildman–Crippen MR) is 193 cm³/mol. The molecule has 2 fully saturated rings. The number of allylic oxidation sites excluding steroid dienone is 1. The lowest BCUT2D eigenvalue weighted by atomic mass is 9.75. The molecule has 1 unspecified atom stereocenters. The van der Waals surface area contributed by atoms with E-state index < -0.39 is 5.60 Å². The van der Waals surface area contributed by atoms with Gasteiger partial charge in [0.15, 0.2) is 11.4 Å². The molecular weight excluding hydrogens is 603 g/mol. The summed E-state index contributed by atoms with van der Waals surface area (Å²) in [6, 6.07) is 30.8. The maximum Gasteiger partial charge on any atom is 0.267 e. The molecule has 6 heteroatoms. The molecule has 0 radical (unpaired) electrons. The molecule has 2 aliphatic rings. The first-order valence-corrected chi connectivity index (χ1v) is 18.0. The Morgan fingerprint density at radius 2 is 1.34 bits per heavy atom. The molecule has 5 rings (SSSR count). The molecule has 3 aromatic rings. The molecule has 0 spiro atoms. The van der Waals surface area contributed by atoms with E-state index in [0.717, 1.165) is 75.3 Å². The van der Waals surface area contributed by atoms with Gasteiger partial charge in [0, 0.05) is 30.4 Å². The zero-order valence-electron chi connectivity index (χ0n) is 28.2. The predicted octanol–water partition coefficient (Wildman–Crippen LogP) is 9.54. The molecule has 47 heavy (non-hydrogen) atoms. The number of aryl methyl sites for hydroxylation is 1. The molecule has 0 aliphatic carbocycles. The Balaban J connectivity index is 1.07. The molecule has 1 atom stereocenters. The quantitative estimate of drug-likeness (QED) is 0.0825. The minimum Gasteiger partial charge on any atom is -0.452 e. The van der Waals surface area contributed by atoms with Gasteiger partial charge in [0.05, 0.1) is 19.3 Å². The van der Waals surface area contributed by atoms with Crippen LogP contribution in [-0.2, 0) is 31.0 Å². The first-order chi connectivity index (χ1) is 23.0. The molecule has 2 saturated heterocycles. The second-order valence-corrected chi connectivity index (χ2v) is 13.6. The number of thiocarbonyl (C=S) groups is 1. The van der Waals surface area contributed by atoms with E-state index in [4.69, 9.17) is 26.4 Å². The highest BCUT2D eigenvalue weighted by Gasteiger charge is 2.57. The van der Waals surface area contributed by atoms with Crippen LogP contribution in [0.4, 0.5) is 0 Å². The topological polar surface area (TPSA) is 48.0 Å². The second kappa shape index (κ2) is 17.2. The van der Waals surface area contributed by atoms with Crippen LogP contribution in [0, 0.1) is 5.92 Å². The minimum atomic E-state index is -0.859. The van der Waals surface area contributed by atoms with Gasteiger partial charge in [-0.15, -0.1) is 0 Å². The first kappa shape index (κ1) is 35.0. The van der Waals surface area contributed by atoms with Gasteiger partial charge in [0.25, 0.3) is 5.17 Å². The average Bonchev–Trinajstić information content (AvgIpc) is 3.70. The molecule has 1 amide bonds. The van der Waals surface area contributed by atoms with Crippen molar-refractivity contribution >= 4 is 23.3 Å². The molecule has 0 saturated carbocycles. The van der Waals surface area contributed by atoms with Gasteiger partial charge in [0.2, 0.25) is 5.91 Å². The van der Waals surface area contributed by atoms with Crippen molar-refractivity contribution in [1.29, 1.82) is 0 Å². The zero-order valence-corrected chi connectivity index (χ0v) is 29.0. The van der Waals surface area contributed by atoms with E-state index in [1.165, 1.54) is 5.56 Å². The fraction of sp³-hybridized carbons (Fsp3) is 0.463. The van der Waals surface area contributed by atoms with Gasteiger partial charge in [-0.25, -0.2) is 0 Å². The van der Waals surface area contributed by atoms with Crippen molar-refractivity contribution < 1.29 is 19.0 Å². The van der Waals surface area contributed by atoms with Crippen LogP contribution in [0.1, 0.15) is 94.7 Å². The largest absolute Gasteiger partial charge is 0.452 e. The lowest BCUT2D eigenvalue weighted by Crippen LogP contribution is -2.49. The Hall–Kier alpha value is -3.32. The van der Waals surface area contributed by atoms with Gasteiger partial charge in [0.1, 0.15) is 0 Å². The summed E-state index contributed by atoms with van der Waals surface area (Å²) in [7, 11) is 0. The Morgan fingerprint density at radius 3 is 1.94 bits per heavy atom. The Labute approximate surface area is 287 Å². The highest BCUT2D eigenvalue weighted by atomic mass is 32.1.